The molecular formula is C24H15Cl4NO3S. The summed E-state index contributed by atoms with van der Waals surface area (Å²) in [7, 11) is 0. The van der Waals surface area contributed by atoms with Gasteiger partial charge >= 0.3 is 0 Å². The average Bonchev–Trinajstić information content (AvgIpc) is 3.03. The topological polar surface area (TPSA) is 46.6 Å². The van der Waals surface area contributed by atoms with Crippen LogP contribution in [0.4, 0.5) is 4.79 Å². The quantitative estimate of drug-likeness (QED) is 0.297. The average molecular weight is 539 g/mol. The maximum Gasteiger partial charge on any atom is 0.293 e. The number of thioether (sulfide) groups is 1. The molecule has 1 heterocycles. The molecule has 4 nitrogen and oxygen atoms in total. The smallest absolute Gasteiger partial charge is 0.293 e. The molecule has 1 aliphatic rings. The summed E-state index contributed by atoms with van der Waals surface area (Å²) in [5.41, 5.74) is 2.24. The lowest BCUT2D eigenvalue weighted by Gasteiger charge is -2.13. The highest BCUT2D eigenvalue weighted by Gasteiger charge is 2.35. The molecule has 1 fully saturated rings. The van der Waals surface area contributed by atoms with Crippen LogP contribution in [0.25, 0.3) is 6.08 Å². The highest BCUT2D eigenvalue weighted by Crippen LogP contribution is 2.34. The molecule has 3 aromatic carbocycles. The number of carbonyl (C=O) groups excluding carboxylic acids is 2. The number of nitrogens with zero attached hydrogens (tertiary/aromatic N) is 1. The monoisotopic (exact) mass is 537 g/mol. The van der Waals surface area contributed by atoms with Crippen LogP contribution in [-0.2, 0) is 17.9 Å². The van der Waals surface area contributed by atoms with Crippen molar-refractivity contribution in [3.8, 4) is 5.75 Å². The summed E-state index contributed by atoms with van der Waals surface area (Å²) in [6, 6.07) is 17.4. The Balaban J connectivity index is 1.46. The number of hydrogen-bond acceptors (Lipinski definition) is 4. The molecule has 168 valence electrons. The maximum absolute atomic E-state index is 12.8. The first kappa shape index (κ1) is 24.0. The van der Waals surface area contributed by atoms with Gasteiger partial charge in [-0.05, 0) is 65.4 Å². The number of rotatable bonds is 6. The fourth-order valence-electron chi connectivity index (χ4n) is 3.10. The highest BCUT2D eigenvalue weighted by molar-refractivity contribution is 8.18. The zero-order chi connectivity index (χ0) is 23.5. The highest BCUT2D eigenvalue weighted by atomic mass is 35.5. The van der Waals surface area contributed by atoms with Gasteiger partial charge in [0.1, 0.15) is 12.4 Å². The van der Waals surface area contributed by atoms with E-state index < -0.39 is 0 Å². The predicted octanol–water partition coefficient (Wildman–Crippen LogP) is 8.12. The minimum absolute atomic E-state index is 0.115. The van der Waals surface area contributed by atoms with E-state index in [1.165, 1.54) is 4.90 Å². The van der Waals surface area contributed by atoms with Crippen molar-refractivity contribution in [1.82, 2.24) is 4.90 Å². The van der Waals surface area contributed by atoms with Crippen LogP contribution in [-0.4, -0.2) is 16.0 Å². The largest absolute Gasteiger partial charge is 0.489 e. The summed E-state index contributed by atoms with van der Waals surface area (Å²) in [5.74, 6) is 0.236. The fourth-order valence-corrected chi connectivity index (χ4v) is 4.72. The summed E-state index contributed by atoms with van der Waals surface area (Å²) in [6.45, 7) is 0.378. The minimum Gasteiger partial charge on any atom is -0.489 e. The normalized spacial score (nSPS) is 14.9. The Morgan fingerprint density at radius 2 is 1.70 bits per heavy atom. The fraction of sp³-hybridized carbons (Fsp3) is 0.0833. The van der Waals surface area contributed by atoms with Crippen LogP contribution in [0.2, 0.25) is 20.1 Å². The Kier molecular flexibility index (Phi) is 7.57. The Labute approximate surface area is 215 Å². The number of hydrogen-bond donors (Lipinski definition) is 0. The molecule has 1 saturated heterocycles. The lowest BCUT2D eigenvalue weighted by molar-refractivity contribution is -0.123. The predicted molar refractivity (Wildman–Crippen MR) is 135 cm³/mol. The van der Waals surface area contributed by atoms with Gasteiger partial charge in [-0.3, -0.25) is 14.5 Å². The summed E-state index contributed by atoms with van der Waals surface area (Å²) >= 11 is 25.0. The third kappa shape index (κ3) is 5.86. The van der Waals surface area contributed by atoms with E-state index in [0.29, 0.717) is 36.3 Å². The summed E-state index contributed by atoms with van der Waals surface area (Å²) in [4.78, 5) is 26.8. The third-order valence-corrected chi connectivity index (χ3v) is 7.00. The molecule has 0 aliphatic carbocycles. The second-order valence-electron chi connectivity index (χ2n) is 7.11. The van der Waals surface area contributed by atoms with Gasteiger partial charge in [0.15, 0.2) is 0 Å². The summed E-state index contributed by atoms with van der Waals surface area (Å²) < 4.78 is 5.84. The third-order valence-electron chi connectivity index (χ3n) is 4.76. The van der Waals surface area contributed by atoms with E-state index in [1.54, 1.807) is 54.6 Å². The standard InChI is InChI=1S/C24H15Cl4NO3S/c25-17-6-5-16(20(27)11-17)13-32-18-3-1-2-14(8-18)10-22-23(30)29(24(31)33-22)12-15-4-7-19(26)21(28)9-15/h1-11H,12-13H2/b22-10-. The van der Waals surface area contributed by atoms with E-state index in [4.69, 9.17) is 51.1 Å². The zero-order valence-electron chi connectivity index (χ0n) is 16.9. The molecule has 0 atom stereocenters. The number of ether oxygens (including phenoxy) is 1. The molecule has 0 bridgehead atoms. The molecule has 0 radical (unpaired) electrons. The van der Waals surface area contributed by atoms with Crippen LogP contribution in [0, 0.1) is 0 Å². The molecule has 9 heteroatoms. The first-order valence-corrected chi connectivity index (χ1v) is 12.0. The number of benzene rings is 3. The molecule has 2 amide bonds. The van der Waals surface area contributed by atoms with Crippen molar-refractivity contribution in [2.75, 3.05) is 0 Å². The van der Waals surface area contributed by atoms with Crippen LogP contribution in [0.3, 0.4) is 0 Å². The number of imide groups is 1. The van der Waals surface area contributed by atoms with Crippen molar-refractivity contribution < 1.29 is 14.3 Å². The lowest BCUT2D eigenvalue weighted by Crippen LogP contribution is -2.27. The minimum atomic E-state index is -0.365. The van der Waals surface area contributed by atoms with Gasteiger partial charge in [0.05, 0.1) is 21.5 Å². The maximum atomic E-state index is 12.8. The van der Waals surface area contributed by atoms with Gasteiger partial charge in [0, 0.05) is 15.6 Å². The van der Waals surface area contributed by atoms with Gasteiger partial charge in [-0.25, -0.2) is 0 Å². The van der Waals surface area contributed by atoms with Crippen LogP contribution in [0.1, 0.15) is 16.7 Å². The second kappa shape index (κ2) is 10.4. The molecule has 0 aromatic heterocycles. The lowest BCUT2D eigenvalue weighted by atomic mass is 10.2. The van der Waals surface area contributed by atoms with Gasteiger partial charge < -0.3 is 4.74 Å². The zero-order valence-corrected chi connectivity index (χ0v) is 20.7. The number of carbonyl (C=O) groups is 2. The van der Waals surface area contributed by atoms with Crippen molar-refractivity contribution in [3.63, 3.8) is 0 Å². The van der Waals surface area contributed by atoms with Gasteiger partial charge in [0.25, 0.3) is 11.1 Å². The molecule has 1 aliphatic heterocycles. The van der Waals surface area contributed by atoms with E-state index in [-0.39, 0.29) is 24.3 Å². The first-order valence-electron chi connectivity index (χ1n) is 9.66. The molecule has 4 rings (SSSR count). The molecule has 3 aromatic rings. The van der Waals surface area contributed by atoms with Gasteiger partial charge in [-0.2, -0.15) is 0 Å². The molecular weight excluding hydrogens is 524 g/mol. The van der Waals surface area contributed by atoms with Crippen LogP contribution in [0.5, 0.6) is 5.75 Å². The van der Waals surface area contributed by atoms with Crippen molar-refractivity contribution in [2.24, 2.45) is 0 Å². The molecule has 33 heavy (non-hydrogen) atoms. The van der Waals surface area contributed by atoms with E-state index in [9.17, 15) is 9.59 Å². The van der Waals surface area contributed by atoms with Crippen LogP contribution >= 0.6 is 58.2 Å². The van der Waals surface area contributed by atoms with Gasteiger partial charge in [-0.1, -0.05) is 70.7 Å². The van der Waals surface area contributed by atoms with Gasteiger partial charge in [-0.15, -0.1) is 0 Å². The SMILES string of the molecule is O=C1S/C(=C\c2cccc(OCc3ccc(Cl)cc3Cl)c2)C(=O)N1Cc1ccc(Cl)c(Cl)c1. The van der Waals surface area contributed by atoms with E-state index >= 15 is 0 Å². The second-order valence-corrected chi connectivity index (χ2v) is 9.76. The molecule has 0 spiro atoms. The Morgan fingerprint density at radius 3 is 2.45 bits per heavy atom. The summed E-state index contributed by atoms with van der Waals surface area (Å²) in [6.07, 6.45) is 1.67. The van der Waals surface area contributed by atoms with E-state index in [1.807, 2.05) is 12.1 Å². The number of halogens is 4. The molecule has 0 N–H and O–H groups in total. The summed E-state index contributed by atoms with van der Waals surface area (Å²) in [5, 5.41) is 1.51. The Bertz CT molecular complexity index is 1280. The van der Waals surface area contributed by atoms with Crippen molar-refractivity contribution in [2.45, 2.75) is 13.2 Å². The van der Waals surface area contributed by atoms with Gasteiger partial charge in [0.2, 0.25) is 0 Å². The van der Waals surface area contributed by atoms with Crippen molar-refractivity contribution in [3.05, 3.63) is 102 Å². The van der Waals surface area contributed by atoms with Crippen LogP contribution in [0.15, 0.2) is 65.6 Å². The molecule has 0 saturated carbocycles. The first-order chi connectivity index (χ1) is 15.8. The Morgan fingerprint density at radius 1 is 0.879 bits per heavy atom. The van der Waals surface area contributed by atoms with Crippen LogP contribution < -0.4 is 4.74 Å². The van der Waals surface area contributed by atoms with E-state index in [2.05, 4.69) is 0 Å². The molecule has 0 unspecified atom stereocenters. The Hall–Kier alpha value is -2.15. The van der Waals surface area contributed by atoms with E-state index in [0.717, 1.165) is 22.9 Å². The number of amides is 2. The van der Waals surface area contributed by atoms with Crippen molar-refractivity contribution >= 4 is 75.4 Å². The van der Waals surface area contributed by atoms with Crippen molar-refractivity contribution in [1.29, 1.82) is 0 Å².